The third kappa shape index (κ3) is 2.74. The summed E-state index contributed by atoms with van der Waals surface area (Å²) < 4.78 is 0. The first-order valence-corrected chi connectivity index (χ1v) is 7.17. The van der Waals surface area contributed by atoms with E-state index in [1.165, 1.54) is 12.0 Å². The molecule has 110 valence electrons. The second-order valence-electron chi connectivity index (χ2n) is 6.75. The average molecular weight is 275 g/mol. The van der Waals surface area contributed by atoms with Crippen LogP contribution >= 0.6 is 0 Å². The molecule has 1 unspecified atom stereocenters. The molecule has 1 heterocycles. The Bertz CT molecular complexity index is 517. The standard InChI is InChI=1S/C16H25N3O/c1-11-6-5-7-13(15(17)18-20)14(11)19-9-8-12(10-19)16(2,3)4/h5-7,12,20H,8-10H2,1-4H3,(H2,17,18). The molecular formula is C16H25N3O. The molecule has 4 nitrogen and oxygen atoms in total. The summed E-state index contributed by atoms with van der Waals surface area (Å²) in [5.41, 5.74) is 9.24. The fourth-order valence-electron chi connectivity index (χ4n) is 3.01. The number of anilines is 1. The highest BCUT2D eigenvalue weighted by atomic mass is 16.4. The van der Waals surface area contributed by atoms with Crippen molar-refractivity contribution in [3.8, 4) is 0 Å². The lowest BCUT2D eigenvalue weighted by Gasteiger charge is -2.29. The molecule has 1 aromatic carbocycles. The Morgan fingerprint density at radius 3 is 2.65 bits per heavy atom. The van der Waals surface area contributed by atoms with E-state index in [0.717, 1.165) is 24.3 Å². The molecule has 1 aromatic rings. The van der Waals surface area contributed by atoms with Crippen LogP contribution in [0.15, 0.2) is 23.4 Å². The Hall–Kier alpha value is -1.71. The first kappa shape index (κ1) is 14.7. The van der Waals surface area contributed by atoms with Crippen molar-refractivity contribution >= 4 is 11.5 Å². The van der Waals surface area contributed by atoms with Crippen molar-refractivity contribution in [1.29, 1.82) is 0 Å². The molecule has 0 aromatic heterocycles. The third-order valence-corrected chi connectivity index (χ3v) is 4.35. The van der Waals surface area contributed by atoms with Gasteiger partial charge in [-0.05, 0) is 36.3 Å². The van der Waals surface area contributed by atoms with E-state index in [9.17, 15) is 0 Å². The number of rotatable bonds is 2. The minimum atomic E-state index is 0.183. The number of amidine groups is 1. The molecule has 2 rings (SSSR count). The van der Waals surface area contributed by atoms with E-state index in [-0.39, 0.29) is 5.84 Å². The second kappa shape index (κ2) is 5.35. The summed E-state index contributed by atoms with van der Waals surface area (Å²) in [6, 6.07) is 5.94. The molecular weight excluding hydrogens is 250 g/mol. The Morgan fingerprint density at radius 2 is 2.10 bits per heavy atom. The van der Waals surface area contributed by atoms with Gasteiger partial charge in [0.25, 0.3) is 0 Å². The predicted octanol–water partition coefficient (Wildman–Crippen LogP) is 2.96. The molecule has 0 spiro atoms. The topological polar surface area (TPSA) is 61.9 Å². The van der Waals surface area contributed by atoms with Crippen LogP contribution in [0.1, 0.15) is 38.3 Å². The number of aryl methyl sites for hydroxylation is 1. The lowest BCUT2D eigenvalue weighted by atomic mass is 9.80. The summed E-state index contributed by atoms with van der Waals surface area (Å²) in [7, 11) is 0. The van der Waals surface area contributed by atoms with Crippen molar-refractivity contribution < 1.29 is 5.21 Å². The lowest BCUT2D eigenvalue weighted by Crippen LogP contribution is -2.28. The van der Waals surface area contributed by atoms with E-state index in [1.807, 2.05) is 12.1 Å². The molecule has 1 aliphatic rings. The van der Waals surface area contributed by atoms with Crippen molar-refractivity contribution in [1.82, 2.24) is 0 Å². The summed E-state index contributed by atoms with van der Waals surface area (Å²) in [4.78, 5) is 2.37. The largest absolute Gasteiger partial charge is 0.409 e. The van der Waals surface area contributed by atoms with Gasteiger partial charge in [-0.2, -0.15) is 0 Å². The van der Waals surface area contributed by atoms with Gasteiger partial charge in [0, 0.05) is 18.7 Å². The van der Waals surface area contributed by atoms with Crippen molar-refractivity contribution in [2.24, 2.45) is 22.2 Å². The number of nitrogens with zero attached hydrogens (tertiary/aromatic N) is 2. The minimum Gasteiger partial charge on any atom is -0.409 e. The molecule has 0 amide bonds. The van der Waals surface area contributed by atoms with Gasteiger partial charge in [0.15, 0.2) is 5.84 Å². The summed E-state index contributed by atoms with van der Waals surface area (Å²) >= 11 is 0. The zero-order valence-corrected chi connectivity index (χ0v) is 12.8. The van der Waals surface area contributed by atoms with E-state index >= 15 is 0 Å². The van der Waals surface area contributed by atoms with Gasteiger partial charge in [0.1, 0.15) is 0 Å². The van der Waals surface area contributed by atoms with Gasteiger partial charge in [-0.15, -0.1) is 0 Å². The van der Waals surface area contributed by atoms with Crippen LogP contribution in [0.3, 0.4) is 0 Å². The average Bonchev–Trinajstić information content (AvgIpc) is 2.86. The van der Waals surface area contributed by atoms with Gasteiger partial charge >= 0.3 is 0 Å². The van der Waals surface area contributed by atoms with E-state index in [1.54, 1.807) is 0 Å². The monoisotopic (exact) mass is 275 g/mol. The van der Waals surface area contributed by atoms with E-state index in [4.69, 9.17) is 10.9 Å². The fourth-order valence-corrected chi connectivity index (χ4v) is 3.01. The van der Waals surface area contributed by atoms with Crippen LogP contribution in [-0.2, 0) is 0 Å². The van der Waals surface area contributed by atoms with Gasteiger partial charge < -0.3 is 15.8 Å². The number of oxime groups is 1. The van der Waals surface area contributed by atoms with Crippen LogP contribution in [0.4, 0.5) is 5.69 Å². The van der Waals surface area contributed by atoms with Gasteiger partial charge in [-0.1, -0.05) is 38.1 Å². The molecule has 0 saturated carbocycles. The molecule has 1 saturated heterocycles. The van der Waals surface area contributed by atoms with Crippen LogP contribution in [0.2, 0.25) is 0 Å². The predicted molar refractivity (Wildman–Crippen MR) is 83.5 cm³/mol. The molecule has 1 aliphatic heterocycles. The molecule has 3 N–H and O–H groups in total. The highest BCUT2D eigenvalue weighted by Gasteiger charge is 2.33. The number of nitrogens with two attached hydrogens (primary N) is 1. The summed E-state index contributed by atoms with van der Waals surface area (Å²) in [5.74, 6) is 0.852. The highest BCUT2D eigenvalue weighted by Crippen LogP contribution is 2.37. The van der Waals surface area contributed by atoms with Gasteiger partial charge in [-0.3, -0.25) is 0 Å². The SMILES string of the molecule is Cc1cccc(/C(N)=N/O)c1N1CCC(C(C)(C)C)C1. The quantitative estimate of drug-likeness (QED) is 0.377. The molecule has 0 aliphatic carbocycles. The second-order valence-corrected chi connectivity index (χ2v) is 6.75. The van der Waals surface area contributed by atoms with Crippen molar-refractivity contribution in [3.05, 3.63) is 29.3 Å². The van der Waals surface area contributed by atoms with Gasteiger partial charge in [0.05, 0.1) is 5.69 Å². The first-order valence-electron chi connectivity index (χ1n) is 7.17. The Kier molecular flexibility index (Phi) is 3.93. The first-order chi connectivity index (χ1) is 9.34. The zero-order valence-electron chi connectivity index (χ0n) is 12.8. The maximum Gasteiger partial charge on any atom is 0.172 e. The molecule has 1 atom stereocenters. The number of hydrogen-bond donors (Lipinski definition) is 2. The van der Waals surface area contributed by atoms with E-state index in [2.05, 4.69) is 43.8 Å². The maximum absolute atomic E-state index is 8.97. The van der Waals surface area contributed by atoms with Crippen LogP contribution in [0.5, 0.6) is 0 Å². The molecule has 0 bridgehead atoms. The van der Waals surface area contributed by atoms with Crippen molar-refractivity contribution in [3.63, 3.8) is 0 Å². The Balaban J connectivity index is 2.35. The minimum absolute atomic E-state index is 0.183. The Labute approximate surface area is 121 Å². The van der Waals surface area contributed by atoms with E-state index in [0.29, 0.717) is 11.3 Å². The van der Waals surface area contributed by atoms with Crippen LogP contribution in [0.25, 0.3) is 0 Å². The van der Waals surface area contributed by atoms with Gasteiger partial charge in [0.2, 0.25) is 0 Å². The number of hydrogen-bond acceptors (Lipinski definition) is 3. The molecule has 1 fully saturated rings. The fraction of sp³-hybridized carbons (Fsp3) is 0.562. The highest BCUT2D eigenvalue weighted by molar-refractivity contribution is 6.02. The van der Waals surface area contributed by atoms with E-state index < -0.39 is 0 Å². The summed E-state index contributed by atoms with van der Waals surface area (Å²) in [6.07, 6.45) is 1.19. The molecule has 20 heavy (non-hydrogen) atoms. The van der Waals surface area contributed by atoms with Crippen LogP contribution in [0, 0.1) is 18.3 Å². The number of benzene rings is 1. The lowest BCUT2D eigenvalue weighted by molar-refractivity contribution is 0.263. The van der Waals surface area contributed by atoms with Crippen molar-refractivity contribution in [2.75, 3.05) is 18.0 Å². The smallest absolute Gasteiger partial charge is 0.172 e. The van der Waals surface area contributed by atoms with Crippen molar-refractivity contribution in [2.45, 2.75) is 34.1 Å². The Morgan fingerprint density at radius 1 is 1.40 bits per heavy atom. The zero-order chi connectivity index (χ0) is 14.9. The summed E-state index contributed by atoms with van der Waals surface area (Å²) in [6.45, 7) is 11.0. The number of para-hydroxylation sites is 1. The maximum atomic E-state index is 8.97. The van der Waals surface area contributed by atoms with Gasteiger partial charge in [-0.25, -0.2) is 0 Å². The van der Waals surface area contributed by atoms with Crippen LogP contribution in [-0.4, -0.2) is 24.1 Å². The molecule has 0 radical (unpaired) electrons. The molecule has 4 heteroatoms. The van der Waals surface area contributed by atoms with Crippen LogP contribution < -0.4 is 10.6 Å². The normalized spacial score (nSPS) is 20.5. The third-order valence-electron chi connectivity index (χ3n) is 4.35. The summed E-state index contributed by atoms with van der Waals surface area (Å²) in [5, 5.41) is 12.1.